The van der Waals surface area contributed by atoms with E-state index in [1.165, 1.54) is 0 Å². The molecule has 0 radical (unpaired) electrons. The first-order valence-corrected chi connectivity index (χ1v) is 9.30. The zero-order chi connectivity index (χ0) is 18.5. The molecule has 1 aromatic rings. The predicted molar refractivity (Wildman–Crippen MR) is 93.8 cm³/mol. The predicted octanol–water partition coefficient (Wildman–Crippen LogP) is 0.750. The molecule has 2 aliphatic heterocycles. The maximum Gasteiger partial charge on any atom is 0.240 e. The van der Waals surface area contributed by atoms with E-state index in [1.54, 1.807) is 0 Å². The van der Waals surface area contributed by atoms with Gasteiger partial charge in [-0.1, -0.05) is 24.3 Å². The van der Waals surface area contributed by atoms with E-state index in [0.717, 1.165) is 11.3 Å². The van der Waals surface area contributed by atoms with Gasteiger partial charge in [0.1, 0.15) is 19.3 Å². The topological polar surface area (TPSA) is 84.9 Å². The van der Waals surface area contributed by atoms with E-state index in [9.17, 15) is 14.4 Å². The Labute approximate surface area is 156 Å². The number of likely N-dealkylation sites (tertiary alicyclic amines) is 1. The summed E-state index contributed by atoms with van der Waals surface area (Å²) >= 11 is 0. The van der Waals surface area contributed by atoms with Gasteiger partial charge >= 0.3 is 0 Å². The average molecular weight is 368 g/mol. The summed E-state index contributed by atoms with van der Waals surface area (Å²) < 4.78 is 11.4. The minimum absolute atomic E-state index is 0.150. The number of para-hydroxylation sites is 2. The minimum Gasteiger partial charge on any atom is -0.486 e. The molecule has 7 heteroatoms. The number of hydrogen-bond acceptors (Lipinski definition) is 5. The van der Waals surface area contributed by atoms with Gasteiger partial charge in [-0.05, 0) is 30.4 Å². The van der Waals surface area contributed by atoms with Crippen molar-refractivity contribution in [3.8, 4) is 11.5 Å². The largest absolute Gasteiger partial charge is 0.486 e. The number of allylic oxidation sites excluding steroid dienone is 2. The fourth-order valence-corrected chi connectivity index (χ4v) is 4.71. The summed E-state index contributed by atoms with van der Waals surface area (Å²) in [7, 11) is 0. The number of ether oxygens (including phenoxy) is 2. The van der Waals surface area contributed by atoms with Crippen molar-refractivity contribution < 1.29 is 23.9 Å². The van der Waals surface area contributed by atoms with Crippen molar-refractivity contribution in [3.63, 3.8) is 0 Å². The first-order valence-electron chi connectivity index (χ1n) is 9.30. The second-order valence-corrected chi connectivity index (χ2v) is 7.56. The standard InChI is InChI=1S/C20H20N2O5/c23-16(21-8-13-10-26-14-3-1-2-4-15(14)27-13)9-22-19(24)17-11-5-6-12(7-11)18(17)20(22)25/h1-6,11-13,17-18H,7-10H2,(H,21,23)/t11-,12-,13+,17+,18+/m0/s1. The van der Waals surface area contributed by atoms with Crippen LogP contribution in [0.1, 0.15) is 6.42 Å². The number of carbonyl (C=O) groups excluding carboxylic acids is 3. The molecule has 2 fully saturated rings. The number of nitrogens with zero attached hydrogens (tertiary/aromatic N) is 1. The molecule has 140 valence electrons. The van der Waals surface area contributed by atoms with Gasteiger partial charge in [0.25, 0.3) is 0 Å². The van der Waals surface area contributed by atoms with Crippen molar-refractivity contribution in [1.29, 1.82) is 0 Å². The SMILES string of the molecule is O=C(CN1C(=O)[C@H]2[C@H](C1=O)[C@H]1C=C[C@H]2C1)NC[C@@H]1COc2ccccc2O1. The van der Waals surface area contributed by atoms with Gasteiger partial charge in [-0.2, -0.15) is 0 Å². The third-order valence-electron chi connectivity index (χ3n) is 5.96. The number of fused-ring (bicyclic) bond motifs is 6. The fourth-order valence-electron chi connectivity index (χ4n) is 4.71. The number of benzene rings is 1. The second-order valence-electron chi connectivity index (χ2n) is 7.56. The first kappa shape index (κ1) is 16.4. The highest BCUT2D eigenvalue weighted by Gasteiger charge is 2.59. The lowest BCUT2D eigenvalue weighted by atomic mass is 9.85. The molecule has 4 aliphatic rings. The summed E-state index contributed by atoms with van der Waals surface area (Å²) in [6, 6.07) is 7.36. The molecule has 5 atom stereocenters. The highest BCUT2D eigenvalue weighted by atomic mass is 16.6. The molecule has 2 aliphatic carbocycles. The van der Waals surface area contributed by atoms with Gasteiger partial charge in [0.15, 0.2) is 11.5 Å². The molecule has 2 bridgehead atoms. The number of rotatable bonds is 4. The van der Waals surface area contributed by atoms with Gasteiger partial charge in [-0.3, -0.25) is 19.3 Å². The quantitative estimate of drug-likeness (QED) is 0.626. The van der Waals surface area contributed by atoms with Crippen LogP contribution in [0.3, 0.4) is 0 Å². The molecule has 0 unspecified atom stereocenters. The lowest BCUT2D eigenvalue weighted by molar-refractivity contribution is -0.144. The maximum atomic E-state index is 12.6. The summed E-state index contributed by atoms with van der Waals surface area (Å²) in [5.74, 6) is 0.311. The van der Waals surface area contributed by atoms with Gasteiger partial charge < -0.3 is 14.8 Å². The van der Waals surface area contributed by atoms with Crippen LogP contribution in [0, 0.1) is 23.7 Å². The molecule has 1 aromatic carbocycles. The number of amides is 3. The first-order chi connectivity index (χ1) is 13.1. The molecular formula is C20H20N2O5. The van der Waals surface area contributed by atoms with Crippen LogP contribution in [0.25, 0.3) is 0 Å². The van der Waals surface area contributed by atoms with Gasteiger partial charge in [0.05, 0.1) is 18.4 Å². The van der Waals surface area contributed by atoms with Crippen LogP contribution >= 0.6 is 0 Å². The third-order valence-corrected chi connectivity index (χ3v) is 5.96. The van der Waals surface area contributed by atoms with E-state index in [1.807, 2.05) is 36.4 Å². The molecule has 27 heavy (non-hydrogen) atoms. The summed E-state index contributed by atoms with van der Waals surface area (Å²) in [4.78, 5) is 38.7. The van der Waals surface area contributed by atoms with Crippen LogP contribution < -0.4 is 14.8 Å². The smallest absolute Gasteiger partial charge is 0.240 e. The van der Waals surface area contributed by atoms with Gasteiger partial charge in [-0.15, -0.1) is 0 Å². The molecule has 0 spiro atoms. The van der Waals surface area contributed by atoms with Crippen LogP contribution in [0.15, 0.2) is 36.4 Å². The molecule has 0 aromatic heterocycles. The molecule has 1 saturated carbocycles. The highest BCUT2D eigenvalue weighted by molar-refractivity contribution is 6.08. The minimum atomic E-state index is -0.362. The maximum absolute atomic E-state index is 12.6. The van der Waals surface area contributed by atoms with E-state index < -0.39 is 0 Å². The lowest BCUT2D eigenvalue weighted by Crippen LogP contribution is -2.46. The summed E-state index contributed by atoms with van der Waals surface area (Å²) in [6.07, 6.45) is 4.65. The highest BCUT2D eigenvalue weighted by Crippen LogP contribution is 2.52. The van der Waals surface area contributed by atoms with Crippen LogP contribution in [0.4, 0.5) is 0 Å². The second kappa shape index (κ2) is 6.11. The number of carbonyl (C=O) groups is 3. The molecule has 3 amide bonds. The number of nitrogens with one attached hydrogen (secondary N) is 1. The van der Waals surface area contributed by atoms with Crippen LogP contribution in [-0.4, -0.2) is 48.4 Å². The summed E-state index contributed by atoms with van der Waals surface area (Å²) in [6.45, 7) is 0.357. The van der Waals surface area contributed by atoms with Gasteiger partial charge in [0.2, 0.25) is 17.7 Å². The van der Waals surface area contributed by atoms with E-state index in [0.29, 0.717) is 18.1 Å². The summed E-state index contributed by atoms with van der Waals surface area (Å²) in [5.41, 5.74) is 0. The molecule has 2 heterocycles. The zero-order valence-electron chi connectivity index (χ0n) is 14.7. The van der Waals surface area contributed by atoms with Crippen LogP contribution in [0.5, 0.6) is 11.5 Å². The number of hydrogen-bond donors (Lipinski definition) is 1. The molecular weight excluding hydrogens is 348 g/mol. The lowest BCUT2D eigenvalue weighted by Gasteiger charge is -2.26. The van der Waals surface area contributed by atoms with Crippen LogP contribution in [-0.2, 0) is 14.4 Å². The normalized spacial score (nSPS) is 32.7. The monoisotopic (exact) mass is 368 g/mol. The van der Waals surface area contributed by atoms with Crippen molar-refractivity contribution in [2.75, 3.05) is 19.7 Å². The Kier molecular flexibility index (Phi) is 3.70. The Morgan fingerprint density at radius 1 is 1.07 bits per heavy atom. The Balaban J connectivity index is 1.17. The Bertz CT molecular complexity index is 821. The Morgan fingerprint density at radius 3 is 2.44 bits per heavy atom. The van der Waals surface area contributed by atoms with Crippen molar-refractivity contribution >= 4 is 17.7 Å². The molecule has 1 N–H and O–H groups in total. The van der Waals surface area contributed by atoms with Gasteiger partial charge in [-0.25, -0.2) is 0 Å². The van der Waals surface area contributed by atoms with Crippen LogP contribution in [0.2, 0.25) is 0 Å². The number of imide groups is 1. The molecule has 1 saturated heterocycles. The Hall–Kier alpha value is -2.83. The average Bonchev–Trinajstić information content (AvgIpc) is 3.36. The van der Waals surface area contributed by atoms with E-state index in [-0.39, 0.29) is 60.6 Å². The van der Waals surface area contributed by atoms with E-state index in [4.69, 9.17) is 9.47 Å². The fraction of sp³-hybridized carbons (Fsp3) is 0.450. The van der Waals surface area contributed by atoms with E-state index in [2.05, 4.69) is 5.32 Å². The van der Waals surface area contributed by atoms with Crippen molar-refractivity contribution in [2.24, 2.45) is 23.7 Å². The zero-order valence-corrected chi connectivity index (χ0v) is 14.7. The van der Waals surface area contributed by atoms with Gasteiger partial charge in [0, 0.05) is 0 Å². The van der Waals surface area contributed by atoms with Crippen molar-refractivity contribution in [3.05, 3.63) is 36.4 Å². The molecule has 7 nitrogen and oxygen atoms in total. The third kappa shape index (κ3) is 2.60. The van der Waals surface area contributed by atoms with Crippen molar-refractivity contribution in [2.45, 2.75) is 12.5 Å². The molecule has 5 rings (SSSR count). The van der Waals surface area contributed by atoms with Crippen molar-refractivity contribution in [1.82, 2.24) is 10.2 Å². The summed E-state index contributed by atoms with van der Waals surface area (Å²) in [5, 5.41) is 2.75. The van der Waals surface area contributed by atoms with E-state index >= 15 is 0 Å². The Morgan fingerprint density at radius 2 is 1.74 bits per heavy atom.